The lowest BCUT2D eigenvalue weighted by Gasteiger charge is -2.28. The number of amides is 1. The summed E-state index contributed by atoms with van der Waals surface area (Å²) in [6.45, 7) is 5.83. The van der Waals surface area contributed by atoms with Crippen LogP contribution >= 0.6 is 11.6 Å². The molecule has 0 aromatic heterocycles. The van der Waals surface area contributed by atoms with Crippen molar-refractivity contribution in [2.24, 2.45) is 0 Å². The molecular weight excluding hydrogens is 334 g/mol. The number of carbonyl (C=O) groups excluding carboxylic acids is 1. The Kier molecular flexibility index (Phi) is 5.83. The number of benzene rings is 1. The normalized spacial score (nSPS) is 20.8. The van der Waals surface area contributed by atoms with E-state index in [0.717, 1.165) is 5.56 Å². The monoisotopic (exact) mass is 357 g/mol. The summed E-state index contributed by atoms with van der Waals surface area (Å²) in [6.07, 6.45) is -1.33. The van der Waals surface area contributed by atoms with Gasteiger partial charge in [-0.3, -0.25) is 4.90 Å². The van der Waals surface area contributed by atoms with Gasteiger partial charge in [-0.15, -0.1) is 11.6 Å². The van der Waals surface area contributed by atoms with E-state index in [1.54, 1.807) is 26.4 Å². The number of hydrogen-bond acceptors (Lipinski definition) is 5. The zero-order valence-electron chi connectivity index (χ0n) is 14.7. The molecule has 1 fully saturated rings. The van der Waals surface area contributed by atoms with Crippen molar-refractivity contribution in [2.75, 3.05) is 26.6 Å². The highest BCUT2D eigenvalue weighted by Gasteiger charge is 2.40. The molecule has 1 aliphatic heterocycles. The van der Waals surface area contributed by atoms with Crippen LogP contribution in [0.4, 0.5) is 4.79 Å². The molecule has 1 aromatic rings. The van der Waals surface area contributed by atoms with Crippen LogP contribution in [-0.4, -0.2) is 49.3 Å². The summed E-state index contributed by atoms with van der Waals surface area (Å²) in [6, 6.07) is 5.36. The smallest absolute Gasteiger partial charge is 0.412 e. The first-order chi connectivity index (χ1) is 11.3. The fourth-order valence-corrected chi connectivity index (χ4v) is 2.62. The van der Waals surface area contributed by atoms with Gasteiger partial charge in [0.1, 0.15) is 17.1 Å². The molecule has 0 radical (unpaired) electrons. The van der Waals surface area contributed by atoms with Crippen molar-refractivity contribution >= 4 is 17.7 Å². The lowest BCUT2D eigenvalue weighted by molar-refractivity contribution is -0.0200. The van der Waals surface area contributed by atoms with Crippen LogP contribution in [0, 0.1) is 0 Å². The van der Waals surface area contributed by atoms with Gasteiger partial charge in [-0.05, 0) is 32.9 Å². The van der Waals surface area contributed by atoms with Gasteiger partial charge >= 0.3 is 6.09 Å². The summed E-state index contributed by atoms with van der Waals surface area (Å²) >= 11 is 5.93. The highest BCUT2D eigenvalue weighted by Crippen LogP contribution is 2.38. The molecule has 1 heterocycles. The largest absolute Gasteiger partial charge is 0.497 e. The predicted molar refractivity (Wildman–Crippen MR) is 90.8 cm³/mol. The average molecular weight is 358 g/mol. The molecule has 2 atom stereocenters. The minimum Gasteiger partial charge on any atom is -0.497 e. The number of methoxy groups -OCH3 is 2. The molecule has 0 spiro atoms. The van der Waals surface area contributed by atoms with Gasteiger partial charge in [0.05, 0.1) is 32.7 Å². The first kappa shape index (κ1) is 18.7. The van der Waals surface area contributed by atoms with Crippen molar-refractivity contribution in [1.29, 1.82) is 0 Å². The molecule has 6 nitrogen and oxygen atoms in total. The second-order valence-electron chi connectivity index (χ2n) is 6.51. The Labute approximate surface area is 147 Å². The zero-order chi connectivity index (χ0) is 17.9. The summed E-state index contributed by atoms with van der Waals surface area (Å²) in [5.74, 6) is 1.52. The van der Waals surface area contributed by atoms with Crippen LogP contribution in [0.3, 0.4) is 0 Å². The van der Waals surface area contributed by atoms with Crippen LogP contribution in [-0.2, 0) is 9.47 Å². The minimum atomic E-state index is -0.621. The summed E-state index contributed by atoms with van der Waals surface area (Å²) in [5, 5.41) is 0. The summed E-state index contributed by atoms with van der Waals surface area (Å²) in [7, 11) is 3.14. The van der Waals surface area contributed by atoms with Gasteiger partial charge < -0.3 is 18.9 Å². The number of rotatable bonds is 4. The van der Waals surface area contributed by atoms with Crippen LogP contribution in [0.25, 0.3) is 0 Å². The second kappa shape index (κ2) is 7.49. The maximum absolute atomic E-state index is 12.5. The molecule has 2 unspecified atom stereocenters. The van der Waals surface area contributed by atoms with Gasteiger partial charge in [0.15, 0.2) is 6.23 Å². The lowest BCUT2D eigenvalue weighted by atomic mass is 10.1. The minimum absolute atomic E-state index is 0.268. The molecule has 1 amide bonds. The van der Waals surface area contributed by atoms with E-state index in [0.29, 0.717) is 18.0 Å². The molecule has 1 saturated heterocycles. The Morgan fingerprint density at radius 1 is 1.33 bits per heavy atom. The van der Waals surface area contributed by atoms with Crippen molar-refractivity contribution in [2.45, 2.75) is 38.7 Å². The molecule has 0 N–H and O–H groups in total. The highest BCUT2D eigenvalue weighted by atomic mass is 35.5. The van der Waals surface area contributed by atoms with Crippen molar-refractivity contribution in [1.82, 2.24) is 4.90 Å². The van der Waals surface area contributed by atoms with Crippen LogP contribution in [0.2, 0.25) is 0 Å². The van der Waals surface area contributed by atoms with E-state index in [4.69, 9.17) is 30.5 Å². The third kappa shape index (κ3) is 4.24. The van der Waals surface area contributed by atoms with E-state index < -0.39 is 17.9 Å². The summed E-state index contributed by atoms with van der Waals surface area (Å²) in [4.78, 5) is 14.1. The van der Waals surface area contributed by atoms with Crippen LogP contribution < -0.4 is 9.47 Å². The standard InChI is InChI=1S/C17H24ClNO5/c1-17(2,3)24-16(20)19-10-12(9-18)23-15(19)13-7-6-11(21-4)8-14(13)22-5/h6-8,12,15H,9-10H2,1-5H3. The Morgan fingerprint density at radius 2 is 2.04 bits per heavy atom. The predicted octanol–water partition coefficient (Wildman–Crippen LogP) is 3.58. The molecule has 0 aliphatic carbocycles. The molecule has 24 heavy (non-hydrogen) atoms. The Morgan fingerprint density at radius 3 is 2.58 bits per heavy atom. The van der Waals surface area contributed by atoms with Gasteiger partial charge in [-0.1, -0.05) is 0 Å². The Hall–Kier alpha value is -1.66. The maximum atomic E-state index is 12.5. The maximum Gasteiger partial charge on any atom is 0.412 e. The first-order valence-corrected chi connectivity index (χ1v) is 8.25. The third-order valence-corrected chi connectivity index (χ3v) is 3.86. The van der Waals surface area contributed by atoms with Crippen LogP contribution in [0.15, 0.2) is 18.2 Å². The van der Waals surface area contributed by atoms with E-state index in [9.17, 15) is 4.79 Å². The molecular formula is C17H24ClNO5. The van der Waals surface area contributed by atoms with E-state index in [1.165, 1.54) is 4.90 Å². The van der Waals surface area contributed by atoms with Gasteiger partial charge in [0, 0.05) is 11.6 Å². The number of carbonyl (C=O) groups is 1. The lowest BCUT2D eigenvalue weighted by Crippen LogP contribution is -2.37. The summed E-state index contributed by atoms with van der Waals surface area (Å²) < 4.78 is 22.1. The van der Waals surface area contributed by atoms with Crippen molar-refractivity contribution in [3.8, 4) is 11.5 Å². The molecule has 7 heteroatoms. The number of nitrogens with zero attached hydrogens (tertiary/aromatic N) is 1. The fourth-order valence-electron chi connectivity index (χ4n) is 2.45. The van der Waals surface area contributed by atoms with E-state index in [1.807, 2.05) is 26.8 Å². The zero-order valence-corrected chi connectivity index (χ0v) is 15.4. The van der Waals surface area contributed by atoms with Gasteiger partial charge in [0.2, 0.25) is 0 Å². The van der Waals surface area contributed by atoms with Gasteiger partial charge in [-0.2, -0.15) is 0 Å². The topological polar surface area (TPSA) is 57.2 Å². The molecule has 0 bridgehead atoms. The number of halogens is 1. The Balaban J connectivity index is 2.33. The van der Waals surface area contributed by atoms with Gasteiger partial charge in [-0.25, -0.2) is 4.79 Å². The van der Waals surface area contributed by atoms with Crippen molar-refractivity contribution in [3.63, 3.8) is 0 Å². The average Bonchev–Trinajstić information content (AvgIpc) is 2.97. The second-order valence-corrected chi connectivity index (χ2v) is 6.81. The fraction of sp³-hybridized carbons (Fsp3) is 0.588. The highest BCUT2D eigenvalue weighted by molar-refractivity contribution is 6.18. The number of ether oxygens (including phenoxy) is 4. The molecule has 0 saturated carbocycles. The van der Waals surface area contributed by atoms with Crippen LogP contribution in [0.5, 0.6) is 11.5 Å². The van der Waals surface area contributed by atoms with Gasteiger partial charge in [0.25, 0.3) is 0 Å². The molecule has 1 aliphatic rings. The molecule has 1 aromatic carbocycles. The van der Waals surface area contributed by atoms with E-state index in [-0.39, 0.29) is 12.0 Å². The first-order valence-electron chi connectivity index (χ1n) is 7.72. The Bertz CT molecular complexity index is 587. The molecule has 2 rings (SSSR count). The summed E-state index contributed by atoms with van der Waals surface area (Å²) in [5.41, 5.74) is 0.127. The quantitative estimate of drug-likeness (QED) is 0.771. The SMILES string of the molecule is COc1ccc(C2OC(CCl)CN2C(=O)OC(C)(C)C)c(OC)c1. The van der Waals surface area contributed by atoms with Crippen molar-refractivity contribution < 1.29 is 23.7 Å². The molecule has 134 valence electrons. The number of alkyl halides is 1. The van der Waals surface area contributed by atoms with Crippen molar-refractivity contribution in [3.05, 3.63) is 23.8 Å². The number of hydrogen-bond donors (Lipinski definition) is 0. The van der Waals surface area contributed by atoms with E-state index >= 15 is 0 Å². The van der Waals surface area contributed by atoms with E-state index in [2.05, 4.69) is 0 Å². The third-order valence-electron chi connectivity index (χ3n) is 3.51. The van der Waals surface area contributed by atoms with Crippen LogP contribution in [0.1, 0.15) is 32.6 Å².